The van der Waals surface area contributed by atoms with Crippen LogP contribution in [-0.2, 0) is 30.2 Å². The van der Waals surface area contributed by atoms with E-state index in [1.54, 1.807) is 20.9 Å². The van der Waals surface area contributed by atoms with Gasteiger partial charge in [0.1, 0.15) is 6.04 Å². The van der Waals surface area contributed by atoms with E-state index in [1.807, 2.05) is 13.8 Å². The maximum atomic E-state index is 12.2. The van der Waals surface area contributed by atoms with Crippen molar-refractivity contribution in [2.45, 2.75) is 52.8 Å². The Morgan fingerprint density at radius 2 is 1.83 bits per heavy atom. The first-order valence-electron chi connectivity index (χ1n) is 7.82. The van der Waals surface area contributed by atoms with Gasteiger partial charge in [-0.2, -0.15) is 0 Å². The molecule has 1 heterocycles. The molecule has 0 aromatic carbocycles. The SMILES string of the molecule is CC(C)C[C@H](NCc1cn(C)c(=O)n(C)c1=O)C(=O)OC(C)C. The van der Waals surface area contributed by atoms with Crippen molar-refractivity contribution in [1.82, 2.24) is 14.5 Å². The number of hydrogen-bond acceptors (Lipinski definition) is 5. The summed E-state index contributed by atoms with van der Waals surface area (Å²) in [6.45, 7) is 7.83. The smallest absolute Gasteiger partial charge is 0.330 e. The third-order valence-corrected chi connectivity index (χ3v) is 3.40. The van der Waals surface area contributed by atoms with Crippen LogP contribution >= 0.6 is 0 Å². The standard InChI is InChI=1S/C16H27N3O4/c1-10(2)7-13(15(21)23-11(3)4)17-8-12-9-18(5)16(22)19(6)14(12)20/h9-11,13,17H,7-8H2,1-6H3/t13-/m0/s1. The fourth-order valence-corrected chi connectivity index (χ4v) is 2.29. The Morgan fingerprint density at radius 1 is 1.22 bits per heavy atom. The minimum Gasteiger partial charge on any atom is -0.462 e. The molecule has 23 heavy (non-hydrogen) atoms. The minimum atomic E-state index is -0.487. The topological polar surface area (TPSA) is 82.3 Å². The van der Waals surface area contributed by atoms with Crippen molar-refractivity contribution >= 4 is 5.97 Å². The first-order valence-corrected chi connectivity index (χ1v) is 7.82. The van der Waals surface area contributed by atoms with Crippen molar-refractivity contribution in [2.24, 2.45) is 20.0 Å². The van der Waals surface area contributed by atoms with Crippen LogP contribution in [0.25, 0.3) is 0 Å². The predicted molar refractivity (Wildman–Crippen MR) is 88.2 cm³/mol. The number of nitrogens with one attached hydrogen (secondary N) is 1. The summed E-state index contributed by atoms with van der Waals surface area (Å²) in [6, 6.07) is -0.487. The van der Waals surface area contributed by atoms with Gasteiger partial charge in [-0.05, 0) is 26.2 Å². The highest BCUT2D eigenvalue weighted by Crippen LogP contribution is 2.08. The van der Waals surface area contributed by atoms with Gasteiger partial charge in [0.15, 0.2) is 0 Å². The molecule has 130 valence electrons. The number of rotatable bonds is 7. The molecule has 0 saturated carbocycles. The Balaban J connectivity index is 2.92. The lowest BCUT2D eigenvalue weighted by Crippen LogP contribution is -2.43. The van der Waals surface area contributed by atoms with Crippen LogP contribution in [0.2, 0.25) is 0 Å². The van der Waals surface area contributed by atoms with Crippen LogP contribution in [0.1, 0.15) is 39.7 Å². The summed E-state index contributed by atoms with van der Waals surface area (Å²) in [4.78, 5) is 36.0. The summed E-state index contributed by atoms with van der Waals surface area (Å²) in [5, 5.41) is 3.08. The third kappa shape index (κ3) is 5.35. The summed E-state index contributed by atoms with van der Waals surface area (Å²) in [6.07, 6.45) is 1.92. The van der Waals surface area contributed by atoms with E-state index in [9.17, 15) is 14.4 Å². The minimum absolute atomic E-state index is 0.190. The quantitative estimate of drug-likeness (QED) is 0.740. The fourth-order valence-electron chi connectivity index (χ4n) is 2.29. The Morgan fingerprint density at radius 3 is 2.35 bits per heavy atom. The van der Waals surface area contributed by atoms with Crippen molar-refractivity contribution < 1.29 is 9.53 Å². The zero-order chi connectivity index (χ0) is 17.7. The summed E-state index contributed by atoms with van der Waals surface area (Å²) in [7, 11) is 3.02. The van der Waals surface area contributed by atoms with Crippen molar-refractivity contribution in [3.8, 4) is 0 Å². The van der Waals surface area contributed by atoms with Crippen LogP contribution in [0.5, 0.6) is 0 Å². The lowest BCUT2D eigenvalue weighted by molar-refractivity contribution is -0.150. The highest BCUT2D eigenvalue weighted by atomic mass is 16.5. The normalized spacial score (nSPS) is 12.7. The van der Waals surface area contributed by atoms with Gasteiger partial charge in [-0.25, -0.2) is 4.79 Å². The Bertz CT molecular complexity index is 658. The summed E-state index contributed by atoms with van der Waals surface area (Å²) >= 11 is 0. The van der Waals surface area contributed by atoms with E-state index in [0.717, 1.165) is 4.57 Å². The van der Waals surface area contributed by atoms with Crippen molar-refractivity contribution in [3.05, 3.63) is 32.6 Å². The number of carbonyl (C=O) groups is 1. The molecule has 1 N–H and O–H groups in total. The van der Waals surface area contributed by atoms with E-state index < -0.39 is 6.04 Å². The maximum Gasteiger partial charge on any atom is 0.330 e. The molecule has 0 aliphatic rings. The average molecular weight is 325 g/mol. The number of carbonyl (C=O) groups excluding carboxylic acids is 1. The monoisotopic (exact) mass is 325 g/mol. The molecule has 1 rings (SSSR count). The molecule has 0 unspecified atom stereocenters. The second-order valence-corrected chi connectivity index (χ2v) is 6.46. The zero-order valence-corrected chi connectivity index (χ0v) is 14.8. The van der Waals surface area contributed by atoms with E-state index in [-0.39, 0.29) is 29.9 Å². The van der Waals surface area contributed by atoms with Crippen LogP contribution in [0, 0.1) is 5.92 Å². The lowest BCUT2D eigenvalue weighted by atomic mass is 10.0. The largest absolute Gasteiger partial charge is 0.462 e. The number of esters is 1. The van der Waals surface area contributed by atoms with Gasteiger partial charge in [0.05, 0.1) is 6.10 Å². The van der Waals surface area contributed by atoms with Crippen molar-refractivity contribution in [3.63, 3.8) is 0 Å². The van der Waals surface area contributed by atoms with E-state index in [2.05, 4.69) is 5.32 Å². The van der Waals surface area contributed by atoms with Crippen LogP contribution < -0.4 is 16.6 Å². The fraction of sp³-hybridized carbons (Fsp3) is 0.688. The van der Waals surface area contributed by atoms with Crippen LogP contribution in [-0.4, -0.2) is 27.2 Å². The zero-order valence-electron chi connectivity index (χ0n) is 14.8. The van der Waals surface area contributed by atoms with E-state index in [0.29, 0.717) is 17.9 Å². The number of hydrogen-bond donors (Lipinski definition) is 1. The predicted octanol–water partition coefficient (Wildman–Crippen LogP) is 0.540. The Labute approximate surface area is 136 Å². The molecule has 0 aliphatic heterocycles. The van der Waals surface area contributed by atoms with Gasteiger partial charge in [-0.1, -0.05) is 13.8 Å². The van der Waals surface area contributed by atoms with Gasteiger partial charge < -0.3 is 14.6 Å². The highest BCUT2D eigenvalue weighted by molar-refractivity contribution is 5.75. The molecule has 0 fully saturated rings. The maximum absolute atomic E-state index is 12.2. The molecule has 1 aromatic rings. The van der Waals surface area contributed by atoms with E-state index in [4.69, 9.17) is 4.74 Å². The summed E-state index contributed by atoms with van der Waals surface area (Å²) < 4.78 is 7.66. The lowest BCUT2D eigenvalue weighted by Gasteiger charge is -2.21. The number of aryl methyl sites for hydroxylation is 1. The molecule has 1 atom stereocenters. The summed E-state index contributed by atoms with van der Waals surface area (Å²) in [5.41, 5.74) is -0.307. The van der Waals surface area contributed by atoms with E-state index >= 15 is 0 Å². The molecule has 0 bridgehead atoms. The van der Waals surface area contributed by atoms with Gasteiger partial charge in [0.25, 0.3) is 5.56 Å². The number of nitrogens with zero attached hydrogens (tertiary/aromatic N) is 2. The molecule has 0 aliphatic carbocycles. The van der Waals surface area contributed by atoms with E-state index in [1.165, 1.54) is 17.8 Å². The average Bonchev–Trinajstić information content (AvgIpc) is 2.44. The molecule has 0 saturated heterocycles. The molecule has 0 radical (unpaired) electrons. The van der Waals surface area contributed by atoms with Gasteiger partial charge in [0, 0.05) is 32.4 Å². The summed E-state index contributed by atoms with van der Waals surface area (Å²) in [5.74, 6) is -0.0227. The molecular formula is C16H27N3O4. The molecular weight excluding hydrogens is 298 g/mol. The Hall–Kier alpha value is -1.89. The number of aromatic nitrogens is 2. The molecule has 7 heteroatoms. The van der Waals surface area contributed by atoms with Gasteiger partial charge in [0.2, 0.25) is 0 Å². The first-order chi connectivity index (χ1) is 10.6. The highest BCUT2D eigenvalue weighted by Gasteiger charge is 2.22. The molecule has 0 amide bonds. The van der Waals surface area contributed by atoms with Gasteiger partial charge in [-0.3, -0.25) is 14.2 Å². The van der Waals surface area contributed by atoms with Gasteiger partial charge in [-0.15, -0.1) is 0 Å². The molecule has 1 aromatic heterocycles. The van der Waals surface area contributed by atoms with Crippen LogP contribution in [0.3, 0.4) is 0 Å². The van der Waals surface area contributed by atoms with Crippen molar-refractivity contribution in [1.29, 1.82) is 0 Å². The first kappa shape index (κ1) is 19.2. The second kappa shape index (κ2) is 8.10. The van der Waals surface area contributed by atoms with Crippen molar-refractivity contribution in [2.75, 3.05) is 0 Å². The van der Waals surface area contributed by atoms with Gasteiger partial charge >= 0.3 is 11.7 Å². The Kier molecular flexibility index (Phi) is 6.75. The third-order valence-electron chi connectivity index (χ3n) is 3.40. The van der Waals surface area contributed by atoms with Crippen LogP contribution in [0.4, 0.5) is 0 Å². The molecule has 7 nitrogen and oxygen atoms in total. The van der Waals surface area contributed by atoms with Crippen LogP contribution in [0.15, 0.2) is 15.8 Å². The number of ether oxygens (including phenoxy) is 1. The molecule has 0 spiro atoms. The second-order valence-electron chi connectivity index (χ2n) is 6.46.